The minimum Gasteiger partial charge on any atom is -0.462 e. The molecule has 0 aromatic carbocycles. The highest BCUT2D eigenvalue weighted by Gasteiger charge is 2.16. The SMILES string of the molecule is CC/C=C\C/C=C\C/C=C\C/C=C\C/C=C\C/C=C\CCCCCCC(=O)OC(CO)COC(=O)CCCCCCCC/C=C\C/C=C\C/C=C\CCCCC. The summed E-state index contributed by atoms with van der Waals surface area (Å²) in [6, 6.07) is 0. The molecule has 56 heavy (non-hydrogen) atoms. The van der Waals surface area contributed by atoms with Gasteiger partial charge in [-0.15, -0.1) is 0 Å². The van der Waals surface area contributed by atoms with Gasteiger partial charge in [0.05, 0.1) is 6.61 Å². The molecule has 0 rings (SSSR count). The molecule has 0 heterocycles. The van der Waals surface area contributed by atoms with Crippen LogP contribution < -0.4 is 0 Å². The summed E-state index contributed by atoms with van der Waals surface area (Å²) in [6.07, 6.45) is 65.8. The Bertz CT molecular complexity index is 1150. The van der Waals surface area contributed by atoms with Crippen molar-refractivity contribution in [2.24, 2.45) is 0 Å². The van der Waals surface area contributed by atoms with E-state index in [0.717, 1.165) is 109 Å². The van der Waals surface area contributed by atoms with Gasteiger partial charge in [-0.05, 0) is 103 Å². The molecular weight excluding hydrogens is 693 g/mol. The van der Waals surface area contributed by atoms with E-state index in [1.807, 2.05) is 0 Å². The van der Waals surface area contributed by atoms with Crippen LogP contribution in [0.1, 0.15) is 181 Å². The van der Waals surface area contributed by atoms with E-state index >= 15 is 0 Å². The van der Waals surface area contributed by atoms with E-state index in [0.29, 0.717) is 12.8 Å². The molecule has 0 saturated carbocycles. The van der Waals surface area contributed by atoms with Crippen LogP contribution in [0.5, 0.6) is 0 Å². The minimum absolute atomic E-state index is 0.0908. The smallest absolute Gasteiger partial charge is 0.306 e. The van der Waals surface area contributed by atoms with Crippen LogP contribution in [-0.2, 0) is 19.1 Å². The summed E-state index contributed by atoms with van der Waals surface area (Å²) in [5, 5.41) is 9.59. The maximum absolute atomic E-state index is 12.2. The molecule has 0 radical (unpaired) electrons. The van der Waals surface area contributed by atoms with Gasteiger partial charge in [-0.3, -0.25) is 9.59 Å². The Kier molecular flexibility index (Phi) is 43.1. The van der Waals surface area contributed by atoms with Gasteiger partial charge in [-0.2, -0.15) is 0 Å². The van der Waals surface area contributed by atoms with Crippen LogP contribution in [0.2, 0.25) is 0 Å². The number of ether oxygens (including phenoxy) is 2. The monoisotopic (exact) mass is 775 g/mol. The van der Waals surface area contributed by atoms with Crippen molar-refractivity contribution in [3.05, 3.63) is 109 Å². The highest BCUT2D eigenvalue weighted by molar-refractivity contribution is 5.70. The zero-order chi connectivity index (χ0) is 40.7. The first-order chi connectivity index (χ1) is 27.6. The Hall–Kier alpha value is -3.44. The molecule has 0 aromatic rings. The van der Waals surface area contributed by atoms with Gasteiger partial charge in [0.1, 0.15) is 6.61 Å². The Morgan fingerprint density at radius 1 is 0.429 bits per heavy atom. The summed E-state index contributed by atoms with van der Waals surface area (Å²) in [7, 11) is 0. The molecule has 5 heteroatoms. The van der Waals surface area contributed by atoms with Crippen LogP contribution in [0.4, 0.5) is 0 Å². The number of hydrogen-bond donors (Lipinski definition) is 1. The van der Waals surface area contributed by atoms with Gasteiger partial charge in [0.25, 0.3) is 0 Å². The zero-order valence-corrected chi connectivity index (χ0v) is 35.8. The molecule has 0 aliphatic rings. The molecule has 316 valence electrons. The number of rotatable bonds is 39. The first kappa shape index (κ1) is 52.6. The number of allylic oxidation sites excluding steroid dienone is 18. The van der Waals surface area contributed by atoms with E-state index in [2.05, 4.69) is 123 Å². The molecule has 1 N–H and O–H groups in total. The summed E-state index contributed by atoms with van der Waals surface area (Å²) in [4.78, 5) is 24.4. The number of unbranched alkanes of at least 4 members (excludes halogenated alkanes) is 13. The molecule has 0 bridgehead atoms. The fourth-order valence-corrected chi connectivity index (χ4v) is 5.68. The van der Waals surface area contributed by atoms with Crippen molar-refractivity contribution in [2.75, 3.05) is 13.2 Å². The topological polar surface area (TPSA) is 72.8 Å². The molecule has 1 atom stereocenters. The number of aliphatic hydroxyl groups is 1. The highest BCUT2D eigenvalue weighted by atomic mass is 16.6. The highest BCUT2D eigenvalue weighted by Crippen LogP contribution is 2.11. The molecule has 0 spiro atoms. The Morgan fingerprint density at radius 2 is 0.768 bits per heavy atom. The van der Waals surface area contributed by atoms with Crippen molar-refractivity contribution in [2.45, 2.75) is 187 Å². The van der Waals surface area contributed by atoms with Crippen LogP contribution in [0.25, 0.3) is 0 Å². The van der Waals surface area contributed by atoms with E-state index in [1.165, 1.54) is 44.9 Å². The van der Waals surface area contributed by atoms with Crippen molar-refractivity contribution in [3.8, 4) is 0 Å². The Balaban J connectivity index is 3.67. The average Bonchev–Trinajstić information content (AvgIpc) is 3.20. The molecule has 0 aliphatic heterocycles. The number of carbonyl (C=O) groups excluding carboxylic acids is 2. The van der Waals surface area contributed by atoms with E-state index in [1.54, 1.807) is 0 Å². The first-order valence-electron chi connectivity index (χ1n) is 22.4. The summed E-state index contributed by atoms with van der Waals surface area (Å²) in [6.45, 7) is 3.95. The van der Waals surface area contributed by atoms with Crippen LogP contribution in [0, 0.1) is 0 Å². The first-order valence-corrected chi connectivity index (χ1v) is 22.4. The normalized spacial score (nSPS) is 13.3. The lowest BCUT2D eigenvalue weighted by atomic mass is 10.1. The summed E-state index contributed by atoms with van der Waals surface area (Å²) >= 11 is 0. The number of hydrogen-bond acceptors (Lipinski definition) is 5. The Morgan fingerprint density at radius 3 is 1.16 bits per heavy atom. The third-order valence-corrected chi connectivity index (χ3v) is 9.05. The predicted molar refractivity (Wildman–Crippen MR) is 242 cm³/mol. The summed E-state index contributed by atoms with van der Waals surface area (Å²) < 4.78 is 10.6. The molecule has 0 fully saturated rings. The van der Waals surface area contributed by atoms with E-state index in [9.17, 15) is 14.7 Å². The molecular formula is C51H82O5. The maximum atomic E-state index is 12.2. The van der Waals surface area contributed by atoms with Gasteiger partial charge in [0.2, 0.25) is 0 Å². The van der Waals surface area contributed by atoms with Crippen molar-refractivity contribution < 1.29 is 24.2 Å². The van der Waals surface area contributed by atoms with Gasteiger partial charge in [0, 0.05) is 12.8 Å². The quantitative estimate of drug-likeness (QED) is 0.0382. The fourth-order valence-electron chi connectivity index (χ4n) is 5.68. The van der Waals surface area contributed by atoms with Gasteiger partial charge in [0.15, 0.2) is 6.10 Å². The third kappa shape index (κ3) is 43.3. The van der Waals surface area contributed by atoms with Crippen LogP contribution >= 0.6 is 0 Å². The lowest BCUT2D eigenvalue weighted by Gasteiger charge is -2.15. The van der Waals surface area contributed by atoms with Gasteiger partial charge in [-0.25, -0.2) is 0 Å². The predicted octanol–water partition coefficient (Wildman–Crippen LogP) is 14.6. The number of esters is 2. The minimum atomic E-state index is -0.799. The number of carbonyl (C=O) groups is 2. The molecule has 0 aromatic heterocycles. The lowest BCUT2D eigenvalue weighted by molar-refractivity contribution is -0.161. The van der Waals surface area contributed by atoms with Crippen LogP contribution in [0.15, 0.2) is 109 Å². The second-order valence-corrected chi connectivity index (χ2v) is 14.4. The lowest BCUT2D eigenvalue weighted by Crippen LogP contribution is -2.28. The van der Waals surface area contributed by atoms with E-state index in [-0.39, 0.29) is 25.2 Å². The maximum Gasteiger partial charge on any atom is 0.306 e. The summed E-state index contributed by atoms with van der Waals surface area (Å²) in [5.74, 6) is -0.644. The number of aliphatic hydroxyl groups excluding tert-OH is 1. The largest absolute Gasteiger partial charge is 0.462 e. The third-order valence-electron chi connectivity index (χ3n) is 9.05. The average molecular weight is 775 g/mol. The van der Waals surface area contributed by atoms with Gasteiger partial charge >= 0.3 is 11.9 Å². The molecule has 0 amide bonds. The van der Waals surface area contributed by atoms with Crippen LogP contribution in [0.3, 0.4) is 0 Å². The second kappa shape index (κ2) is 45.9. The van der Waals surface area contributed by atoms with Crippen molar-refractivity contribution >= 4 is 11.9 Å². The Labute approximate surface area is 344 Å². The molecule has 0 saturated heterocycles. The van der Waals surface area contributed by atoms with Crippen molar-refractivity contribution in [1.82, 2.24) is 0 Å². The summed E-state index contributed by atoms with van der Waals surface area (Å²) in [5.41, 5.74) is 0. The molecule has 5 nitrogen and oxygen atoms in total. The van der Waals surface area contributed by atoms with Gasteiger partial charge in [-0.1, -0.05) is 175 Å². The van der Waals surface area contributed by atoms with E-state index in [4.69, 9.17) is 9.47 Å². The van der Waals surface area contributed by atoms with Crippen molar-refractivity contribution in [3.63, 3.8) is 0 Å². The van der Waals surface area contributed by atoms with Crippen LogP contribution in [-0.4, -0.2) is 36.4 Å². The van der Waals surface area contributed by atoms with Gasteiger partial charge < -0.3 is 14.6 Å². The van der Waals surface area contributed by atoms with Crippen molar-refractivity contribution in [1.29, 1.82) is 0 Å². The second-order valence-electron chi connectivity index (χ2n) is 14.4. The van der Waals surface area contributed by atoms with E-state index < -0.39 is 6.10 Å². The standard InChI is InChI=1S/C51H82O5/c1-3-5-7-9-11-13-15-17-19-21-23-24-25-26-28-30-32-34-36-38-40-42-44-46-51(54)56-49(47-52)48-55-50(53)45-43-41-39-37-35-33-31-29-27-22-20-18-16-14-12-10-8-6-4-2/h5,7,11-14,17-20,23-24,26-29,32,34,49,52H,3-4,6,8-10,15-16,21-22,25,30-31,33,35-48H2,1-2H3/b7-5-,13-11-,14-12-,19-17-,20-18-,24-23-,28-26-,29-27-,34-32-. The zero-order valence-electron chi connectivity index (χ0n) is 35.8. The molecule has 1 unspecified atom stereocenters. The molecule has 0 aliphatic carbocycles. The fraction of sp³-hybridized carbons (Fsp3) is 0.608.